The average Bonchev–Trinajstić information content (AvgIpc) is 3.74. The van der Waals surface area contributed by atoms with E-state index in [-0.39, 0.29) is 59.2 Å². The van der Waals surface area contributed by atoms with Gasteiger partial charge in [0.05, 0.1) is 33.5 Å². The zero-order chi connectivity index (χ0) is 44.4. The second-order valence-electron chi connectivity index (χ2n) is 13.8. The average molecular weight is 871 g/mol. The summed E-state index contributed by atoms with van der Waals surface area (Å²) in [5.74, 6) is -6.40. The Morgan fingerprint density at radius 2 is 1.13 bits per heavy atom. The second kappa shape index (κ2) is 17.2. The maximum Gasteiger partial charge on any atom is 0.325 e. The van der Waals surface area contributed by atoms with E-state index in [0.717, 1.165) is 53.0 Å². The molecule has 2 aromatic carbocycles. The molecule has 4 heterocycles. The summed E-state index contributed by atoms with van der Waals surface area (Å²) in [5.41, 5.74) is 6.08. The number of thiophene rings is 2. The number of halogens is 4. The van der Waals surface area contributed by atoms with Gasteiger partial charge < -0.3 is 37.4 Å². The van der Waals surface area contributed by atoms with E-state index in [0.29, 0.717) is 4.68 Å². The Hall–Kier alpha value is -6.75. The molecule has 4 aromatic heterocycles. The van der Waals surface area contributed by atoms with Gasteiger partial charge in [0.1, 0.15) is 39.8 Å². The van der Waals surface area contributed by atoms with Crippen LogP contribution in [0.2, 0.25) is 0 Å². The van der Waals surface area contributed by atoms with E-state index in [1.807, 2.05) is 0 Å². The van der Waals surface area contributed by atoms with Crippen molar-refractivity contribution in [2.24, 2.45) is 11.5 Å². The summed E-state index contributed by atoms with van der Waals surface area (Å²) in [7, 11) is 0. The number of primary amides is 2. The van der Waals surface area contributed by atoms with Crippen molar-refractivity contribution in [1.82, 2.24) is 20.0 Å². The lowest BCUT2D eigenvalue weighted by atomic mass is 9.96. The largest absolute Gasteiger partial charge is 0.480 e. The van der Waals surface area contributed by atoms with Gasteiger partial charge >= 0.3 is 5.97 Å². The van der Waals surface area contributed by atoms with Gasteiger partial charge in [0.2, 0.25) is 0 Å². The van der Waals surface area contributed by atoms with Crippen LogP contribution in [0.5, 0.6) is 0 Å². The Balaban J connectivity index is 0.000000230. The minimum Gasteiger partial charge on any atom is -0.480 e. The van der Waals surface area contributed by atoms with Crippen LogP contribution < -0.4 is 33.2 Å². The van der Waals surface area contributed by atoms with Crippen LogP contribution in [0.1, 0.15) is 59.5 Å². The fourth-order valence-electron chi connectivity index (χ4n) is 5.31. The topological polar surface area (TPSA) is 269 Å². The Labute approximate surface area is 343 Å². The van der Waals surface area contributed by atoms with Gasteiger partial charge in [-0.15, -0.1) is 22.7 Å². The number of hydrogen-bond acceptors (Lipinski definition) is 13. The molecule has 0 spiro atoms. The van der Waals surface area contributed by atoms with Crippen molar-refractivity contribution in [2.75, 3.05) is 10.6 Å². The van der Waals surface area contributed by atoms with Crippen molar-refractivity contribution >= 4 is 62.1 Å². The first-order valence-corrected chi connectivity index (χ1v) is 18.8. The highest BCUT2D eigenvalue weighted by molar-refractivity contribution is 7.20. The number of carboxylic acid groups (broad SMARTS) is 1. The first-order valence-electron chi connectivity index (χ1n) is 17.1. The summed E-state index contributed by atoms with van der Waals surface area (Å²) in [6.45, 7) is 4.91. The van der Waals surface area contributed by atoms with Crippen LogP contribution in [0.15, 0.2) is 70.3 Å². The van der Waals surface area contributed by atoms with Gasteiger partial charge in [-0.05, 0) is 87.4 Å². The molecule has 6 rings (SSSR count). The lowest BCUT2D eigenvalue weighted by Gasteiger charge is -2.18. The van der Waals surface area contributed by atoms with E-state index in [1.54, 1.807) is 0 Å². The fraction of sp³-hybridized carbons (Fsp3) is 0.184. The van der Waals surface area contributed by atoms with Crippen LogP contribution in [-0.4, -0.2) is 53.1 Å². The first kappa shape index (κ1) is 44.4. The number of rotatable bonds is 12. The number of nitrogens with one attached hydrogen (secondary N) is 3. The number of nitrogens with two attached hydrogens (primary N) is 2. The van der Waals surface area contributed by atoms with E-state index in [9.17, 15) is 51.7 Å². The predicted molar refractivity (Wildman–Crippen MR) is 214 cm³/mol. The monoisotopic (exact) mass is 870 g/mol. The Morgan fingerprint density at radius 3 is 1.50 bits per heavy atom. The molecule has 10 N–H and O–H groups in total. The number of carbonyl (C=O) groups is 3. The Morgan fingerprint density at radius 1 is 0.717 bits per heavy atom. The third-order valence-corrected chi connectivity index (χ3v) is 10.4. The van der Waals surface area contributed by atoms with Crippen molar-refractivity contribution in [2.45, 2.75) is 45.4 Å². The molecule has 0 bridgehead atoms. The van der Waals surface area contributed by atoms with E-state index in [2.05, 4.69) is 25.9 Å². The summed E-state index contributed by atoms with van der Waals surface area (Å²) < 4.78 is 59.4. The molecule has 0 aliphatic carbocycles. The number of nitrogens with zero attached hydrogens (tertiary/aromatic N) is 3. The number of aromatic amines is 1. The van der Waals surface area contributed by atoms with Crippen LogP contribution in [0, 0.1) is 23.3 Å². The number of amides is 2. The molecule has 0 unspecified atom stereocenters. The lowest BCUT2D eigenvalue weighted by Crippen LogP contribution is -2.26. The van der Waals surface area contributed by atoms with Crippen molar-refractivity contribution in [1.29, 1.82) is 0 Å². The molecule has 60 heavy (non-hydrogen) atoms. The molecule has 0 radical (unpaired) electrons. The first-order chi connectivity index (χ1) is 27.9. The number of benzene rings is 2. The third kappa shape index (κ3) is 10.3. The van der Waals surface area contributed by atoms with E-state index in [4.69, 9.17) is 16.6 Å². The van der Waals surface area contributed by atoms with Crippen LogP contribution in [0.4, 0.5) is 39.2 Å². The van der Waals surface area contributed by atoms with Crippen LogP contribution >= 0.6 is 22.7 Å². The smallest absolute Gasteiger partial charge is 0.325 e. The molecule has 16 nitrogen and oxygen atoms in total. The number of carbonyl (C=O) groups excluding carboxylic acids is 2. The molecule has 0 aliphatic rings. The number of anilines is 4. The van der Waals surface area contributed by atoms with Crippen LogP contribution in [0.25, 0.3) is 20.9 Å². The van der Waals surface area contributed by atoms with Gasteiger partial charge in [-0.2, -0.15) is 10.2 Å². The zero-order valence-corrected chi connectivity index (χ0v) is 33.3. The number of aromatic nitrogens is 4. The van der Waals surface area contributed by atoms with Crippen LogP contribution in [0.3, 0.4) is 0 Å². The summed E-state index contributed by atoms with van der Waals surface area (Å²) >= 11 is 1.70. The Bertz CT molecular complexity index is 2710. The van der Waals surface area contributed by atoms with Gasteiger partial charge in [0.15, 0.2) is 11.6 Å². The van der Waals surface area contributed by atoms with Gasteiger partial charge in [-0.1, -0.05) is 0 Å². The summed E-state index contributed by atoms with van der Waals surface area (Å²) in [4.78, 5) is 57.5. The molecule has 6 aromatic rings. The fourth-order valence-corrected chi connectivity index (χ4v) is 7.55. The maximum absolute atomic E-state index is 14.7. The zero-order valence-electron chi connectivity index (χ0n) is 31.7. The number of hydrogen-bond donors (Lipinski definition) is 8. The number of aliphatic hydroxyl groups is 2. The molecule has 0 aliphatic heterocycles. The quantitative estimate of drug-likeness (QED) is 0.0733. The molecule has 22 heteroatoms. The van der Waals surface area contributed by atoms with E-state index < -0.39 is 75.5 Å². The molecule has 2 amide bonds. The second-order valence-corrected chi connectivity index (χ2v) is 16.0. The maximum atomic E-state index is 14.7. The number of H-pyrrole nitrogens is 1. The minimum atomic E-state index is -1.47. The SMILES string of the molecule is CC(C)(O)c1cc(F)c(-c2cc(C(N)=O)c(Nc3ccc(=O)[nH]n3)s2)c(F)c1.CC(C)(O)c1cc(F)c(-c2cc(C(N)=O)c(Nc3ccc(=O)n(CC(=O)O)n3)s2)c(F)c1. The van der Waals surface area contributed by atoms with Gasteiger partial charge in [0, 0.05) is 21.9 Å². The highest BCUT2D eigenvalue weighted by Crippen LogP contribution is 2.41. The highest BCUT2D eigenvalue weighted by Gasteiger charge is 2.26. The van der Waals surface area contributed by atoms with Gasteiger partial charge in [-0.3, -0.25) is 24.0 Å². The van der Waals surface area contributed by atoms with Crippen molar-refractivity contribution in [3.63, 3.8) is 0 Å². The number of carboxylic acids is 1. The summed E-state index contributed by atoms with van der Waals surface area (Å²) in [6, 6.07) is 11.5. The summed E-state index contributed by atoms with van der Waals surface area (Å²) in [6.07, 6.45) is 0. The summed E-state index contributed by atoms with van der Waals surface area (Å²) in [5, 5.41) is 44.5. The molecule has 0 saturated heterocycles. The predicted octanol–water partition coefficient (Wildman–Crippen LogP) is 5.25. The number of aliphatic carboxylic acids is 1. The van der Waals surface area contributed by atoms with Crippen molar-refractivity contribution in [3.05, 3.63) is 127 Å². The minimum absolute atomic E-state index is 0.0124. The normalized spacial score (nSPS) is 11.4. The van der Waals surface area contributed by atoms with Gasteiger partial charge in [-0.25, -0.2) is 27.3 Å². The van der Waals surface area contributed by atoms with Crippen molar-refractivity contribution in [3.8, 4) is 20.9 Å². The van der Waals surface area contributed by atoms with Gasteiger partial charge in [0.25, 0.3) is 22.9 Å². The molecular formula is C38H34F4N8O8S2. The Kier molecular flexibility index (Phi) is 12.7. The van der Waals surface area contributed by atoms with E-state index >= 15 is 0 Å². The lowest BCUT2D eigenvalue weighted by molar-refractivity contribution is -0.138. The standard InChI is InChI=1S/C20H18F2N4O5S.C18H16F2N4O3S/c1-20(2,31)9-5-11(21)17(12(22)6-9)13-7-10(18(23)30)19(32-13)24-14-3-4-15(27)26(25-14)8-16(28)29;1-18(2,27)8-5-10(19)15(11(20)6-8)12-7-9(16(21)26)17(28-12)22-13-3-4-14(25)24-23-13/h3-7,31H,8H2,1-2H3,(H2,23,30)(H,24,25)(H,28,29);3-7,27H,1-2H3,(H2,21,26)(H,22,23)(H,24,25). The highest BCUT2D eigenvalue weighted by atomic mass is 32.1. The molecule has 0 fully saturated rings. The van der Waals surface area contributed by atoms with Crippen molar-refractivity contribution < 1.29 is 47.3 Å². The third-order valence-electron chi connectivity index (χ3n) is 8.30. The molecular weight excluding hydrogens is 837 g/mol. The van der Waals surface area contributed by atoms with Crippen LogP contribution in [-0.2, 0) is 22.5 Å². The van der Waals surface area contributed by atoms with E-state index in [1.165, 1.54) is 58.0 Å². The molecule has 0 atom stereocenters. The molecule has 314 valence electrons. The molecule has 0 saturated carbocycles.